The van der Waals surface area contributed by atoms with Crippen LogP contribution in [0, 0.1) is 23.7 Å². The maximum absolute atomic E-state index is 4.66. The molecule has 0 amide bonds. The van der Waals surface area contributed by atoms with Gasteiger partial charge in [0.2, 0.25) is 0 Å². The van der Waals surface area contributed by atoms with Gasteiger partial charge < -0.3 is 0 Å². The maximum atomic E-state index is 4.66. The Bertz CT molecular complexity index is 411. The average molecular weight is 344 g/mol. The Kier molecular flexibility index (Phi) is 4.77. The van der Waals surface area contributed by atoms with Crippen molar-refractivity contribution < 1.29 is 0 Å². The predicted octanol–water partition coefficient (Wildman–Crippen LogP) is 5.61. The van der Waals surface area contributed by atoms with Crippen LogP contribution in [-0.4, -0.2) is 10.3 Å². The van der Waals surface area contributed by atoms with Gasteiger partial charge in [0.15, 0.2) is 0 Å². The molecule has 1 aliphatic carbocycles. The van der Waals surface area contributed by atoms with E-state index in [0.717, 1.165) is 17.7 Å². The summed E-state index contributed by atoms with van der Waals surface area (Å²) in [4.78, 5) is 4.66. The molecule has 1 heterocycles. The third-order valence-corrected chi connectivity index (χ3v) is 6.79. The van der Waals surface area contributed by atoms with Crippen molar-refractivity contribution in [3.63, 3.8) is 0 Å². The van der Waals surface area contributed by atoms with E-state index in [9.17, 15) is 0 Å². The summed E-state index contributed by atoms with van der Waals surface area (Å²) in [6.45, 7) is 9.28. The second-order valence-corrected chi connectivity index (χ2v) is 8.93. The van der Waals surface area contributed by atoms with E-state index >= 15 is 0 Å². The van der Waals surface area contributed by atoms with Gasteiger partial charge in [0.05, 0.1) is 10.7 Å². The normalized spacial score (nSPS) is 28.6. The summed E-state index contributed by atoms with van der Waals surface area (Å²) in [5.74, 6) is 0.886. The summed E-state index contributed by atoms with van der Waals surface area (Å²) in [6, 6.07) is 0. The highest BCUT2D eigenvalue weighted by Crippen LogP contribution is 2.47. The minimum Gasteiger partial charge on any atom is -0.247 e. The van der Waals surface area contributed by atoms with Gasteiger partial charge in [-0.3, -0.25) is 0 Å². The fourth-order valence-corrected chi connectivity index (χ4v) is 4.70. The van der Waals surface area contributed by atoms with E-state index in [0.29, 0.717) is 10.8 Å². The Labute approximate surface area is 130 Å². The Morgan fingerprint density at radius 2 is 2.00 bits per heavy atom. The Morgan fingerprint density at radius 3 is 2.42 bits per heavy atom. The van der Waals surface area contributed by atoms with Crippen LogP contribution in [0.15, 0.2) is 5.38 Å². The zero-order valence-corrected chi connectivity index (χ0v) is 15.0. The molecule has 0 N–H and O–H groups in total. The molecule has 2 rings (SSSR count). The molecular weight excluding hydrogens is 318 g/mol. The zero-order valence-electron chi connectivity index (χ0n) is 12.6. The molecule has 1 nitrogen and oxygen atoms in total. The first kappa shape index (κ1) is 15.5. The summed E-state index contributed by atoms with van der Waals surface area (Å²) in [5, 5.41) is 4.56. The standard InChI is InChI=1S/C16H26BrNS/c1-12-18-14(10-19-12)9-16(11-17)7-5-13(6-8-16)15(2,3)4/h10,13H,5-9,11H2,1-4H3. The lowest BCUT2D eigenvalue weighted by molar-refractivity contribution is 0.103. The van der Waals surface area contributed by atoms with E-state index in [1.165, 1.54) is 36.4 Å². The van der Waals surface area contributed by atoms with E-state index < -0.39 is 0 Å². The summed E-state index contributed by atoms with van der Waals surface area (Å²) >= 11 is 5.56. The monoisotopic (exact) mass is 343 g/mol. The van der Waals surface area contributed by atoms with E-state index in [1.54, 1.807) is 11.3 Å². The molecule has 0 unspecified atom stereocenters. The molecule has 3 heteroatoms. The van der Waals surface area contributed by atoms with Crippen LogP contribution in [0.4, 0.5) is 0 Å². The minimum absolute atomic E-state index is 0.447. The molecule has 0 spiro atoms. The van der Waals surface area contributed by atoms with Gasteiger partial charge in [-0.15, -0.1) is 11.3 Å². The number of hydrogen-bond donors (Lipinski definition) is 0. The summed E-state index contributed by atoms with van der Waals surface area (Å²) in [7, 11) is 0. The highest BCUT2D eigenvalue weighted by molar-refractivity contribution is 9.09. The van der Waals surface area contributed by atoms with Crippen molar-refractivity contribution in [3.8, 4) is 0 Å². The molecule has 0 saturated heterocycles. The van der Waals surface area contributed by atoms with Crippen LogP contribution in [0.1, 0.15) is 57.2 Å². The van der Waals surface area contributed by atoms with Gasteiger partial charge in [0.25, 0.3) is 0 Å². The van der Waals surface area contributed by atoms with Crippen LogP contribution in [-0.2, 0) is 6.42 Å². The van der Waals surface area contributed by atoms with Crippen molar-refractivity contribution in [2.75, 3.05) is 5.33 Å². The smallest absolute Gasteiger partial charge is 0.0897 e. The molecular formula is C16H26BrNS. The highest BCUT2D eigenvalue weighted by atomic mass is 79.9. The van der Waals surface area contributed by atoms with Crippen LogP contribution in [0.3, 0.4) is 0 Å². The van der Waals surface area contributed by atoms with Crippen molar-refractivity contribution in [2.45, 2.75) is 59.8 Å². The lowest BCUT2D eigenvalue weighted by Gasteiger charge is -2.43. The largest absolute Gasteiger partial charge is 0.247 e. The van der Waals surface area contributed by atoms with Crippen LogP contribution in [0.25, 0.3) is 0 Å². The highest BCUT2D eigenvalue weighted by Gasteiger charge is 2.38. The van der Waals surface area contributed by atoms with E-state index in [-0.39, 0.29) is 0 Å². The summed E-state index contributed by atoms with van der Waals surface area (Å²) in [5.41, 5.74) is 2.22. The molecule has 19 heavy (non-hydrogen) atoms. The molecule has 1 aromatic heterocycles. The number of rotatable bonds is 3. The van der Waals surface area contributed by atoms with Crippen molar-refractivity contribution in [1.29, 1.82) is 0 Å². The second-order valence-electron chi connectivity index (χ2n) is 7.31. The van der Waals surface area contributed by atoms with E-state index in [4.69, 9.17) is 0 Å². The topological polar surface area (TPSA) is 12.9 Å². The van der Waals surface area contributed by atoms with E-state index in [2.05, 4.69) is 54.0 Å². The van der Waals surface area contributed by atoms with Gasteiger partial charge in [0.1, 0.15) is 0 Å². The first-order valence-electron chi connectivity index (χ1n) is 7.32. The molecule has 1 fully saturated rings. The van der Waals surface area contributed by atoms with Crippen molar-refractivity contribution in [2.24, 2.45) is 16.7 Å². The first-order valence-corrected chi connectivity index (χ1v) is 9.32. The van der Waals surface area contributed by atoms with Crippen molar-refractivity contribution >= 4 is 27.3 Å². The Morgan fingerprint density at radius 1 is 1.37 bits per heavy atom. The number of thiazole rings is 1. The predicted molar refractivity (Wildman–Crippen MR) is 88.2 cm³/mol. The number of aryl methyl sites for hydroxylation is 1. The van der Waals surface area contributed by atoms with Gasteiger partial charge in [-0.25, -0.2) is 4.98 Å². The fourth-order valence-electron chi connectivity index (χ4n) is 3.33. The number of halogens is 1. The third kappa shape index (κ3) is 3.81. The van der Waals surface area contributed by atoms with Gasteiger partial charge >= 0.3 is 0 Å². The van der Waals surface area contributed by atoms with Gasteiger partial charge in [0, 0.05) is 10.7 Å². The van der Waals surface area contributed by atoms with Crippen LogP contribution < -0.4 is 0 Å². The molecule has 108 valence electrons. The fraction of sp³-hybridized carbons (Fsp3) is 0.812. The molecule has 0 atom stereocenters. The third-order valence-electron chi connectivity index (χ3n) is 4.78. The van der Waals surface area contributed by atoms with Gasteiger partial charge in [-0.05, 0) is 55.8 Å². The van der Waals surface area contributed by atoms with E-state index in [1.807, 2.05) is 0 Å². The van der Waals surface area contributed by atoms with Crippen molar-refractivity contribution in [1.82, 2.24) is 4.98 Å². The van der Waals surface area contributed by atoms with Gasteiger partial charge in [-0.2, -0.15) is 0 Å². The summed E-state index contributed by atoms with van der Waals surface area (Å²) in [6.07, 6.45) is 6.59. The molecule has 1 saturated carbocycles. The zero-order chi connectivity index (χ0) is 14.1. The Hall–Kier alpha value is 0.110. The lowest BCUT2D eigenvalue weighted by atomic mass is 9.63. The number of nitrogens with zero attached hydrogens (tertiary/aromatic N) is 1. The van der Waals surface area contributed by atoms with Crippen LogP contribution >= 0.6 is 27.3 Å². The molecule has 0 radical (unpaired) electrons. The van der Waals surface area contributed by atoms with Crippen molar-refractivity contribution in [3.05, 3.63) is 16.1 Å². The van der Waals surface area contributed by atoms with Crippen LogP contribution in [0.2, 0.25) is 0 Å². The molecule has 1 aromatic rings. The lowest BCUT2D eigenvalue weighted by Crippen LogP contribution is -2.35. The maximum Gasteiger partial charge on any atom is 0.0897 e. The number of aromatic nitrogens is 1. The van der Waals surface area contributed by atoms with Gasteiger partial charge in [-0.1, -0.05) is 36.7 Å². The minimum atomic E-state index is 0.447. The quantitative estimate of drug-likeness (QED) is 0.649. The average Bonchev–Trinajstić information content (AvgIpc) is 2.74. The number of hydrogen-bond acceptors (Lipinski definition) is 2. The number of alkyl halides is 1. The second kappa shape index (κ2) is 5.85. The molecule has 0 aromatic carbocycles. The molecule has 0 aliphatic heterocycles. The first-order chi connectivity index (χ1) is 8.85. The SMILES string of the molecule is Cc1nc(CC2(CBr)CCC(C(C)(C)C)CC2)cs1. The molecule has 1 aliphatic rings. The van der Waals surface area contributed by atoms with Crippen LogP contribution in [0.5, 0.6) is 0 Å². The molecule has 0 bridgehead atoms. The summed E-state index contributed by atoms with van der Waals surface area (Å²) < 4.78 is 0. The Balaban J connectivity index is 2.02.